The molecule has 0 radical (unpaired) electrons. The number of amides is 1. The van der Waals surface area contributed by atoms with Crippen molar-refractivity contribution in [2.75, 3.05) is 33.4 Å². The van der Waals surface area contributed by atoms with Gasteiger partial charge in [-0.1, -0.05) is 12.1 Å². The lowest BCUT2D eigenvalue weighted by Gasteiger charge is -2.34. The standard InChI is InChI=1S/C14H19FN2O3/c1-19-9-12(16)14(18)17-5-6-20-13(8-17)10-3-2-4-11(15)7-10/h2-4,7,12-13H,5-6,8-9,16H2,1H3. The summed E-state index contributed by atoms with van der Waals surface area (Å²) in [7, 11) is 1.50. The molecule has 1 fully saturated rings. The molecule has 1 aromatic rings. The number of carbonyl (C=O) groups is 1. The monoisotopic (exact) mass is 282 g/mol. The van der Waals surface area contributed by atoms with Crippen LogP contribution in [-0.2, 0) is 14.3 Å². The van der Waals surface area contributed by atoms with Crippen LogP contribution in [0.25, 0.3) is 0 Å². The van der Waals surface area contributed by atoms with Crippen molar-refractivity contribution in [3.63, 3.8) is 0 Å². The van der Waals surface area contributed by atoms with Gasteiger partial charge in [0.05, 0.1) is 19.8 Å². The van der Waals surface area contributed by atoms with E-state index in [1.54, 1.807) is 17.0 Å². The number of morpholine rings is 1. The number of methoxy groups -OCH3 is 1. The highest BCUT2D eigenvalue weighted by molar-refractivity contribution is 5.81. The first kappa shape index (κ1) is 14.9. The van der Waals surface area contributed by atoms with Crippen molar-refractivity contribution >= 4 is 5.91 Å². The Morgan fingerprint density at radius 3 is 3.15 bits per heavy atom. The molecule has 0 saturated carbocycles. The third-order valence-electron chi connectivity index (χ3n) is 3.26. The summed E-state index contributed by atoms with van der Waals surface area (Å²) in [5.74, 6) is -0.484. The predicted octanol–water partition coefficient (Wildman–Crippen LogP) is 0.699. The summed E-state index contributed by atoms with van der Waals surface area (Å²) in [5.41, 5.74) is 6.47. The molecule has 1 amide bonds. The molecule has 1 aliphatic heterocycles. The van der Waals surface area contributed by atoms with E-state index >= 15 is 0 Å². The number of halogens is 1. The number of nitrogens with zero attached hydrogens (tertiary/aromatic N) is 1. The zero-order chi connectivity index (χ0) is 14.5. The van der Waals surface area contributed by atoms with Gasteiger partial charge >= 0.3 is 0 Å². The van der Waals surface area contributed by atoms with Crippen molar-refractivity contribution in [1.29, 1.82) is 0 Å². The quantitative estimate of drug-likeness (QED) is 0.883. The van der Waals surface area contributed by atoms with E-state index in [-0.39, 0.29) is 24.4 Å². The molecule has 1 heterocycles. The van der Waals surface area contributed by atoms with Gasteiger partial charge < -0.3 is 20.1 Å². The first-order valence-corrected chi connectivity index (χ1v) is 6.52. The third kappa shape index (κ3) is 3.53. The molecule has 1 saturated heterocycles. The molecule has 0 aromatic heterocycles. The summed E-state index contributed by atoms with van der Waals surface area (Å²) in [6, 6.07) is 5.55. The van der Waals surface area contributed by atoms with Crippen molar-refractivity contribution < 1.29 is 18.7 Å². The van der Waals surface area contributed by atoms with Gasteiger partial charge in [-0.2, -0.15) is 0 Å². The number of nitrogens with two attached hydrogens (primary N) is 1. The Morgan fingerprint density at radius 2 is 2.45 bits per heavy atom. The number of rotatable bonds is 4. The Kier molecular flexibility index (Phi) is 5.05. The number of carbonyl (C=O) groups excluding carboxylic acids is 1. The van der Waals surface area contributed by atoms with Crippen LogP contribution >= 0.6 is 0 Å². The van der Waals surface area contributed by atoms with Crippen molar-refractivity contribution in [2.45, 2.75) is 12.1 Å². The van der Waals surface area contributed by atoms with E-state index in [1.807, 2.05) is 0 Å². The Morgan fingerprint density at radius 1 is 1.65 bits per heavy atom. The molecule has 1 aromatic carbocycles. The van der Waals surface area contributed by atoms with E-state index in [0.717, 1.165) is 5.56 Å². The van der Waals surface area contributed by atoms with Crippen LogP contribution in [-0.4, -0.2) is 50.3 Å². The van der Waals surface area contributed by atoms with Gasteiger partial charge in [0.15, 0.2) is 0 Å². The van der Waals surface area contributed by atoms with Gasteiger partial charge in [0, 0.05) is 13.7 Å². The van der Waals surface area contributed by atoms with Crippen LogP contribution in [0, 0.1) is 5.82 Å². The Labute approximate surface area is 117 Å². The Hall–Kier alpha value is -1.50. The topological polar surface area (TPSA) is 64.8 Å². The molecular weight excluding hydrogens is 263 g/mol. The van der Waals surface area contributed by atoms with Crippen molar-refractivity contribution in [3.05, 3.63) is 35.6 Å². The molecule has 5 nitrogen and oxygen atoms in total. The maximum atomic E-state index is 13.2. The van der Waals surface area contributed by atoms with E-state index in [0.29, 0.717) is 19.7 Å². The molecule has 2 unspecified atom stereocenters. The minimum absolute atomic E-state index is 0.170. The van der Waals surface area contributed by atoms with E-state index in [1.165, 1.54) is 19.2 Å². The van der Waals surface area contributed by atoms with Crippen LogP contribution in [0.1, 0.15) is 11.7 Å². The molecule has 2 rings (SSSR count). The van der Waals surface area contributed by atoms with Crippen molar-refractivity contribution in [1.82, 2.24) is 4.90 Å². The maximum absolute atomic E-state index is 13.2. The number of hydrogen-bond acceptors (Lipinski definition) is 4. The van der Waals surface area contributed by atoms with Crippen LogP contribution in [0.15, 0.2) is 24.3 Å². The van der Waals surface area contributed by atoms with Crippen LogP contribution in [0.4, 0.5) is 4.39 Å². The number of ether oxygens (including phenoxy) is 2. The van der Waals surface area contributed by atoms with E-state index in [4.69, 9.17) is 15.2 Å². The van der Waals surface area contributed by atoms with Gasteiger partial charge in [0.1, 0.15) is 18.0 Å². The van der Waals surface area contributed by atoms with Crippen molar-refractivity contribution in [3.8, 4) is 0 Å². The summed E-state index contributed by atoms with van der Waals surface area (Å²) >= 11 is 0. The van der Waals surface area contributed by atoms with Crippen LogP contribution < -0.4 is 5.73 Å². The zero-order valence-corrected chi connectivity index (χ0v) is 11.4. The smallest absolute Gasteiger partial charge is 0.242 e. The predicted molar refractivity (Wildman–Crippen MR) is 71.5 cm³/mol. The Balaban J connectivity index is 2.03. The average Bonchev–Trinajstić information content (AvgIpc) is 2.47. The van der Waals surface area contributed by atoms with E-state index in [9.17, 15) is 9.18 Å². The van der Waals surface area contributed by atoms with Gasteiger partial charge in [-0.25, -0.2) is 4.39 Å². The molecule has 6 heteroatoms. The fourth-order valence-electron chi connectivity index (χ4n) is 2.24. The first-order valence-electron chi connectivity index (χ1n) is 6.52. The van der Waals surface area contributed by atoms with Crippen LogP contribution in [0.5, 0.6) is 0 Å². The average molecular weight is 282 g/mol. The molecule has 2 N–H and O–H groups in total. The number of hydrogen-bond donors (Lipinski definition) is 1. The molecule has 0 spiro atoms. The second-order valence-electron chi connectivity index (χ2n) is 4.76. The Bertz CT molecular complexity index is 469. The molecule has 0 bridgehead atoms. The maximum Gasteiger partial charge on any atom is 0.242 e. The van der Waals surface area contributed by atoms with E-state index in [2.05, 4.69) is 0 Å². The highest BCUT2D eigenvalue weighted by Crippen LogP contribution is 2.23. The minimum Gasteiger partial charge on any atom is -0.383 e. The van der Waals surface area contributed by atoms with Crippen molar-refractivity contribution in [2.24, 2.45) is 5.73 Å². The van der Waals surface area contributed by atoms with Gasteiger partial charge in [-0.3, -0.25) is 4.79 Å². The highest BCUT2D eigenvalue weighted by atomic mass is 19.1. The lowest BCUT2D eigenvalue weighted by molar-refractivity contribution is -0.141. The highest BCUT2D eigenvalue weighted by Gasteiger charge is 2.28. The molecule has 20 heavy (non-hydrogen) atoms. The second-order valence-corrected chi connectivity index (χ2v) is 4.76. The molecule has 1 aliphatic rings. The molecule has 0 aliphatic carbocycles. The SMILES string of the molecule is COCC(N)C(=O)N1CCOC(c2cccc(F)c2)C1. The lowest BCUT2D eigenvalue weighted by atomic mass is 10.1. The van der Waals surface area contributed by atoms with Gasteiger partial charge in [-0.05, 0) is 17.7 Å². The summed E-state index contributed by atoms with van der Waals surface area (Å²) in [6.07, 6.45) is -0.321. The zero-order valence-electron chi connectivity index (χ0n) is 11.4. The fourth-order valence-corrected chi connectivity index (χ4v) is 2.24. The molecule has 110 valence electrons. The summed E-state index contributed by atoms with van der Waals surface area (Å²) in [5, 5.41) is 0. The van der Waals surface area contributed by atoms with Crippen LogP contribution in [0.2, 0.25) is 0 Å². The lowest BCUT2D eigenvalue weighted by Crippen LogP contribution is -2.50. The largest absolute Gasteiger partial charge is 0.383 e. The second kappa shape index (κ2) is 6.78. The minimum atomic E-state index is -0.675. The van der Waals surface area contributed by atoms with E-state index < -0.39 is 6.04 Å². The van der Waals surface area contributed by atoms with Gasteiger partial charge in [-0.15, -0.1) is 0 Å². The fraction of sp³-hybridized carbons (Fsp3) is 0.500. The third-order valence-corrected chi connectivity index (χ3v) is 3.26. The normalized spacial score (nSPS) is 20.8. The first-order chi connectivity index (χ1) is 9.61. The van der Waals surface area contributed by atoms with Gasteiger partial charge in [0.2, 0.25) is 5.91 Å². The number of benzene rings is 1. The summed E-state index contributed by atoms with van der Waals surface area (Å²) in [4.78, 5) is 13.8. The molecule has 2 atom stereocenters. The molecular formula is C14H19FN2O3. The van der Waals surface area contributed by atoms with Gasteiger partial charge in [0.25, 0.3) is 0 Å². The summed E-state index contributed by atoms with van der Waals surface area (Å²) < 4.78 is 23.7. The van der Waals surface area contributed by atoms with Crippen LogP contribution in [0.3, 0.4) is 0 Å². The summed E-state index contributed by atoms with van der Waals surface area (Å²) in [6.45, 7) is 1.45.